The van der Waals surface area contributed by atoms with Gasteiger partial charge in [-0.15, -0.1) is 0 Å². The number of Topliss-reactive ketones (excluding diaryl/α,β-unsaturated/α-hetero) is 1. The number of carbonyl (C=O) groups excluding carboxylic acids is 2. The summed E-state index contributed by atoms with van der Waals surface area (Å²) in [6.45, 7) is -0.404. The summed E-state index contributed by atoms with van der Waals surface area (Å²) in [5, 5.41) is 20.7. The molecule has 2 aromatic rings. The van der Waals surface area contributed by atoms with Gasteiger partial charge in [-0.05, 0) is 42.0 Å². The molecule has 2 N–H and O–H groups in total. The van der Waals surface area contributed by atoms with Crippen LogP contribution in [0.1, 0.15) is 17.2 Å². The lowest BCUT2D eigenvalue weighted by Crippen LogP contribution is -2.32. The number of β-amino-alcohol motifs (C(OH)–C–C–N with tert-alkyl or cyclic N) is 1. The minimum absolute atomic E-state index is 0.0685. The predicted octanol–water partition coefficient (Wildman–Crippen LogP) is 2.77. The summed E-state index contributed by atoms with van der Waals surface area (Å²) in [4.78, 5) is 26.6. The van der Waals surface area contributed by atoms with Gasteiger partial charge in [-0.2, -0.15) is 0 Å². The maximum Gasteiger partial charge on any atom is 0.295 e. The summed E-state index contributed by atoms with van der Waals surface area (Å²) in [6, 6.07) is 10.3. The van der Waals surface area contributed by atoms with Crippen LogP contribution in [0.15, 0.2) is 48.0 Å². The van der Waals surface area contributed by atoms with E-state index in [9.17, 15) is 19.8 Å². The first-order valence-electron chi connectivity index (χ1n) is 8.80. The van der Waals surface area contributed by atoms with Crippen molar-refractivity contribution in [3.63, 3.8) is 0 Å². The molecular weight excluding hydrogens is 398 g/mol. The molecule has 0 radical (unpaired) electrons. The molecule has 29 heavy (non-hydrogen) atoms. The lowest BCUT2D eigenvalue weighted by molar-refractivity contribution is -0.140. The summed E-state index contributed by atoms with van der Waals surface area (Å²) >= 11 is 5.90. The number of aliphatic hydroxyl groups is 2. The molecule has 1 saturated heterocycles. The van der Waals surface area contributed by atoms with E-state index < -0.39 is 17.7 Å². The number of ether oxygens (including phenoxy) is 2. The van der Waals surface area contributed by atoms with Crippen LogP contribution in [0, 0.1) is 0 Å². The molecule has 1 fully saturated rings. The Balaban J connectivity index is 2.20. The van der Waals surface area contributed by atoms with Crippen LogP contribution >= 0.6 is 11.6 Å². The lowest BCUT2D eigenvalue weighted by Gasteiger charge is -2.25. The zero-order valence-electron chi connectivity index (χ0n) is 15.9. The van der Waals surface area contributed by atoms with Crippen LogP contribution in [-0.4, -0.2) is 54.2 Å². The van der Waals surface area contributed by atoms with Crippen LogP contribution in [0.25, 0.3) is 5.76 Å². The topological polar surface area (TPSA) is 96.3 Å². The number of benzene rings is 2. The molecular formula is C21H20ClNO6. The van der Waals surface area contributed by atoms with Gasteiger partial charge < -0.3 is 24.6 Å². The first-order valence-corrected chi connectivity index (χ1v) is 9.17. The van der Waals surface area contributed by atoms with Crippen molar-refractivity contribution in [2.75, 3.05) is 27.4 Å². The number of methoxy groups -OCH3 is 2. The maximum absolute atomic E-state index is 12.8. The Labute approximate surface area is 172 Å². The predicted molar refractivity (Wildman–Crippen MR) is 107 cm³/mol. The van der Waals surface area contributed by atoms with E-state index in [1.165, 1.54) is 19.1 Å². The number of carbonyl (C=O) groups is 2. The second-order valence-electron chi connectivity index (χ2n) is 6.34. The molecule has 7 nitrogen and oxygen atoms in total. The minimum Gasteiger partial charge on any atom is -0.507 e. The Morgan fingerprint density at radius 1 is 1.07 bits per heavy atom. The quantitative estimate of drug-likeness (QED) is 0.426. The number of hydrogen-bond acceptors (Lipinski definition) is 6. The molecule has 1 aliphatic heterocycles. The molecule has 0 saturated carbocycles. The molecule has 2 aromatic carbocycles. The summed E-state index contributed by atoms with van der Waals surface area (Å²) in [6.07, 6.45) is 0. The summed E-state index contributed by atoms with van der Waals surface area (Å²) in [7, 11) is 2.97. The van der Waals surface area contributed by atoms with Crippen molar-refractivity contribution >= 4 is 29.1 Å². The summed E-state index contributed by atoms with van der Waals surface area (Å²) < 4.78 is 10.6. The van der Waals surface area contributed by atoms with Crippen LogP contribution in [0.3, 0.4) is 0 Å². The van der Waals surface area contributed by atoms with Gasteiger partial charge in [-0.25, -0.2) is 0 Å². The van der Waals surface area contributed by atoms with Gasteiger partial charge in [0.25, 0.3) is 11.7 Å². The second-order valence-corrected chi connectivity index (χ2v) is 6.77. The Kier molecular flexibility index (Phi) is 6.10. The second kappa shape index (κ2) is 8.55. The number of likely N-dealkylation sites (tertiary alicyclic amines) is 1. The fraction of sp³-hybridized carbons (Fsp3) is 0.238. The van der Waals surface area contributed by atoms with Gasteiger partial charge in [0.05, 0.1) is 32.4 Å². The first-order chi connectivity index (χ1) is 13.9. The van der Waals surface area contributed by atoms with E-state index in [-0.39, 0.29) is 24.5 Å². The SMILES string of the molecule is COc1ccc([C@H]2/C(=C(\O)c3ccc(Cl)cc3)C(=O)C(=O)N2CCO)cc1OC. The highest BCUT2D eigenvalue weighted by molar-refractivity contribution is 6.46. The molecule has 152 valence electrons. The number of aliphatic hydroxyl groups excluding tert-OH is 2. The Hall–Kier alpha value is -3.03. The third kappa shape index (κ3) is 3.79. The zero-order chi connectivity index (χ0) is 21.1. The highest BCUT2D eigenvalue weighted by Gasteiger charge is 2.46. The molecule has 1 heterocycles. The Morgan fingerprint density at radius 2 is 1.72 bits per heavy atom. The van der Waals surface area contributed by atoms with Gasteiger partial charge in [0.1, 0.15) is 5.76 Å². The zero-order valence-corrected chi connectivity index (χ0v) is 16.6. The molecule has 0 aromatic heterocycles. The van der Waals surface area contributed by atoms with Gasteiger partial charge in [-0.1, -0.05) is 17.7 Å². The Bertz CT molecular complexity index is 970. The number of nitrogens with zero attached hydrogens (tertiary/aromatic N) is 1. The fourth-order valence-electron chi connectivity index (χ4n) is 3.35. The average molecular weight is 418 g/mol. The number of amides is 1. The van der Waals surface area contributed by atoms with Crippen molar-refractivity contribution in [3.05, 3.63) is 64.2 Å². The third-order valence-electron chi connectivity index (χ3n) is 4.72. The maximum atomic E-state index is 12.8. The van der Waals surface area contributed by atoms with E-state index in [4.69, 9.17) is 21.1 Å². The van der Waals surface area contributed by atoms with E-state index in [1.54, 1.807) is 42.5 Å². The van der Waals surface area contributed by atoms with Crippen molar-refractivity contribution < 1.29 is 29.3 Å². The van der Waals surface area contributed by atoms with Gasteiger partial charge in [-0.3, -0.25) is 9.59 Å². The molecule has 0 bridgehead atoms. The first kappa shape index (κ1) is 20.7. The largest absolute Gasteiger partial charge is 0.507 e. The standard InChI is InChI=1S/C21H20ClNO6/c1-28-15-8-5-13(11-16(15)29-2)18-17(20(26)21(27)23(18)9-10-24)19(25)12-3-6-14(22)7-4-12/h3-8,11,18,24-25H,9-10H2,1-2H3/b19-17+/t18-/m0/s1. The Morgan fingerprint density at radius 3 is 2.31 bits per heavy atom. The van der Waals surface area contributed by atoms with Crippen molar-refractivity contribution in [1.82, 2.24) is 4.90 Å². The molecule has 1 amide bonds. The van der Waals surface area contributed by atoms with E-state index in [0.29, 0.717) is 27.6 Å². The van der Waals surface area contributed by atoms with Crippen LogP contribution in [0.5, 0.6) is 11.5 Å². The van der Waals surface area contributed by atoms with E-state index >= 15 is 0 Å². The van der Waals surface area contributed by atoms with E-state index in [2.05, 4.69) is 0 Å². The van der Waals surface area contributed by atoms with Crippen molar-refractivity contribution in [1.29, 1.82) is 0 Å². The minimum atomic E-state index is -0.891. The fourth-order valence-corrected chi connectivity index (χ4v) is 3.48. The average Bonchev–Trinajstić information content (AvgIpc) is 2.98. The van der Waals surface area contributed by atoms with Crippen LogP contribution in [-0.2, 0) is 9.59 Å². The summed E-state index contributed by atoms with van der Waals surface area (Å²) in [5.41, 5.74) is 0.811. The molecule has 0 unspecified atom stereocenters. The van der Waals surface area contributed by atoms with Crippen molar-refractivity contribution in [2.45, 2.75) is 6.04 Å². The molecule has 3 rings (SSSR count). The molecule has 1 atom stereocenters. The molecule has 0 aliphatic carbocycles. The lowest BCUT2D eigenvalue weighted by atomic mass is 9.95. The number of rotatable bonds is 6. The van der Waals surface area contributed by atoms with Crippen molar-refractivity contribution in [2.24, 2.45) is 0 Å². The van der Waals surface area contributed by atoms with Gasteiger partial charge in [0, 0.05) is 17.1 Å². The smallest absolute Gasteiger partial charge is 0.295 e. The number of hydrogen-bond donors (Lipinski definition) is 2. The van der Waals surface area contributed by atoms with Crippen LogP contribution in [0.4, 0.5) is 0 Å². The highest BCUT2D eigenvalue weighted by atomic mass is 35.5. The highest BCUT2D eigenvalue weighted by Crippen LogP contribution is 2.41. The molecule has 8 heteroatoms. The number of ketones is 1. The van der Waals surface area contributed by atoms with Gasteiger partial charge in [0.2, 0.25) is 0 Å². The number of halogens is 1. The van der Waals surface area contributed by atoms with E-state index in [0.717, 1.165) is 0 Å². The van der Waals surface area contributed by atoms with Gasteiger partial charge in [0.15, 0.2) is 11.5 Å². The molecule has 1 aliphatic rings. The van der Waals surface area contributed by atoms with Crippen LogP contribution < -0.4 is 9.47 Å². The van der Waals surface area contributed by atoms with Crippen molar-refractivity contribution in [3.8, 4) is 11.5 Å². The third-order valence-corrected chi connectivity index (χ3v) is 4.97. The summed E-state index contributed by atoms with van der Waals surface area (Å²) in [5.74, 6) is -1.06. The van der Waals surface area contributed by atoms with E-state index in [1.807, 2.05) is 0 Å². The normalized spacial score (nSPS) is 18.2. The monoisotopic (exact) mass is 417 g/mol. The van der Waals surface area contributed by atoms with Gasteiger partial charge >= 0.3 is 0 Å². The molecule has 0 spiro atoms. The van der Waals surface area contributed by atoms with Crippen LogP contribution in [0.2, 0.25) is 5.02 Å².